The molecule has 0 spiro atoms. The lowest BCUT2D eigenvalue weighted by Gasteiger charge is -2.00. The lowest BCUT2D eigenvalue weighted by Crippen LogP contribution is -2.19. The minimum absolute atomic E-state index is 0.0423. The molecule has 4 nitrogen and oxygen atoms in total. The van der Waals surface area contributed by atoms with Crippen LogP contribution >= 0.6 is 11.6 Å². The molecule has 1 amide bonds. The summed E-state index contributed by atoms with van der Waals surface area (Å²) >= 11 is 5.94. The van der Waals surface area contributed by atoms with E-state index in [2.05, 4.69) is 10.4 Å². The molecular formula is C14H14ClN3O. The highest BCUT2D eigenvalue weighted by atomic mass is 35.5. The van der Waals surface area contributed by atoms with Gasteiger partial charge in [0.25, 0.3) is 0 Å². The Morgan fingerprint density at radius 2 is 2.37 bits per heavy atom. The van der Waals surface area contributed by atoms with Crippen LogP contribution in [0.4, 0.5) is 0 Å². The van der Waals surface area contributed by atoms with Crippen LogP contribution in [-0.4, -0.2) is 22.2 Å². The van der Waals surface area contributed by atoms with Gasteiger partial charge < -0.3 is 5.32 Å². The van der Waals surface area contributed by atoms with Gasteiger partial charge >= 0.3 is 0 Å². The molecule has 0 saturated heterocycles. The molecule has 0 unspecified atom stereocenters. The Labute approximate surface area is 116 Å². The van der Waals surface area contributed by atoms with Crippen molar-refractivity contribution in [1.29, 1.82) is 0 Å². The van der Waals surface area contributed by atoms with Gasteiger partial charge in [0, 0.05) is 30.3 Å². The SMILES string of the molecule is CC(=O)NCC=Cc1cnn(-c2cccc(Cl)c2)c1. The van der Waals surface area contributed by atoms with E-state index in [4.69, 9.17) is 11.6 Å². The van der Waals surface area contributed by atoms with E-state index in [0.29, 0.717) is 11.6 Å². The number of carbonyl (C=O) groups is 1. The van der Waals surface area contributed by atoms with E-state index in [9.17, 15) is 4.79 Å². The molecule has 0 aliphatic rings. The smallest absolute Gasteiger partial charge is 0.217 e. The number of nitrogens with zero attached hydrogens (tertiary/aromatic N) is 2. The fourth-order valence-corrected chi connectivity index (χ4v) is 1.76. The summed E-state index contributed by atoms with van der Waals surface area (Å²) in [6.07, 6.45) is 7.44. The van der Waals surface area contributed by atoms with Gasteiger partial charge in [0.1, 0.15) is 0 Å². The molecule has 0 fully saturated rings. The minimum Gasteiger partial charge on any atom is -0.353 e. The third kappa shape index (κ3) is 3.96. The van der Waals surface area contributed by atoms with Gasteiger partial charge in [-0.25, -0.2) is 4.68 Å². The van der Waals surface area contributed by atoms with Gasteiger partial charge in [-0.15, -0.1) is 0 Å². The third-order valence-electron chi connectivity index (χ3n) is 2.45. The van der Waals surface area contributed by atoms with E-state index in [0.717, 1.165) is 11.3 Å². The molecule has 1 heterocycles. The Morgan fingerprint density at radius 1 is 1.53 bits per heavy atom. The van der Waals surface area contributed by atoms with Crippen LogP contribution in [0.15, 0.2) is 42.7 Å². The monoisotopic (exact) mass is 275 g/mol. The number of halogens is 1. The zero-order valence-electron chi connectivity index (χ0n) is 10.5. The number of rotatable bonds is 4. The average molecular weight is 276 g/mol. The van der Waals surface area contributed by atoms with E-state index in [1.54, 1.807) is 10.9 Å². The van der Waals surface area contributed by atoms with Crippen molar-refractivity contribution in [3.05, 3.63) is 53.3 Å². The molecule has 2 rings (SSSR count). The van der Waals surface area contributed by atoms with Crippen LogP contribution < -0.4 is 5.32 Å². The molecule has 1 N–H and O–H groups in total. The van der Waals surface area contributed by atoms with Crippen molar-refractivity contribution in [3.8, 4) is 5.69 Å². The van der Waals surface area contributed by atoms with Crippen molar-refractivity contribution in [2.75, 3.05) is 6.54 Å². The Hall–Kier alpha value is -2.07. The number of hydrogen-bond acceptors (Lipinski definition) is 2. The first-order valence-corrected chi connectivity index (χ1v) is 6.24. The summed E-state index contributed by atoms with van der Waals surface area (Å²) in [6.45, 7) is 2.00. The standard InChI is InChI=1S/C14H14ClN3O/c1-11(19)16-7-3-4-12-9-17-18(10-12)14-6-2-5-13(15)8-14/h2-6,8-10H,7H2,1H3,(H,16,19). The van der Waals surface area contributed by atoms with Crippen molar-refractivity contribution in [2.24, 2.45) is 0 Å². The maximum atomic E-state index is 10.7. The van der Waals surface area contributed by atoms with Gasteiger partial charge in [-0.3, -0.25) is 4.79 Å². The summed E-state index contributed by atoms with van der Waals surface area (Å²) in [5.41, 5.74) is 1.87. The summed E-state index contributed by atoms with van der Waals surface area (Å²) < 4.78 is 1.75. The molecule has 1 aromatic heterocycles. The molecule has 0 bridgehead atoms. The predicted octanol–water partition coefficient (Wildman–Crippen LogP) is 2.68. The maximum Gasteiger partial charge on any atom is 0.217 e. The molecule has 98 valence electrons. The largest absolute Gasteiger partial charge is 0.353 e. The maximum absolute atomic E-state index is 10.7. The number of aromatic nitrogens is 2. The lowest BCUT2D eigenvalue weighted by molar-refractivity contribution is -0.118. The fourth-order valence-electron chi connectivity index (χ4n) is 1.58. The molecule has 0 saturated carbocycles. The minimum atomic E-state index is -0.0423. The van der Waals surface area contributed by atoms with Crippen LogP contribution in [0.25, 0.3) is 11.8 Å². The van der Waals surface area contributed by atoms with Crippen molar-refractivity contribution in [3.63, 3.8) is 0 Å². The highest BCUT2D eigenvalue weighted by Gasteiger charge is 1.99. The molecule has 5 heteroatoms. The van der Waals surface area contributed by atoms with Gasteiger partial charge in [-0.2, -0.15) is 5.10 Å². The van der Waals surface area contributed by atoms with Crippen molar-refractivity contribution in [1.82, 2.24) is 15.1 Å². The van der Waals surface area contributed by atoms with Crippen LogP contribution in [0.3, 0.4) is 0 Å². The highest BCUT2D eigenvalue weighted by molar-refractivity contribution is 6.30. The number of amides is 1. The van der Waals surface area contributed by atoms with E-state index in [1.807, 2.05) is 42.6 Å². The van der Waals surface area contributed by atoms with Crippen LogP contribution in [0.5, 0.6) is 0 Å². The molecule has 0 radical (unpaired) electrons. The molecule has 2 aromatic rings. The van der Waals surface area contributed by atoms with Crippen LogP contribution in [0.1, 0.15) is 12.5 Å². The van der Waals surface area contributed by atoms with Gasteiger partial charge in [0.2, 0.25) is 5.91 Å². The molecule has 0 atom stereocenters. The van der Waals surface area contributed by atoms with E-state index in [-0.39, 0.29) is 5.91 Å². The summed E-state index contributed by atoms with van der Waals surface area (Å²) in [5.74, 6) is -0.0423. The second-order valence-corrected chi connectivity index (χ2v) is 4.47. The molecular weight excluding hydrogens is 262 g/mol. The van der Waals surface area contributed by atoms with Crippen LogP contribution in [-0.2, 0) is 4.79 Å². The normalized spacial score (nSPS) is 10.8. The van der Waals surface area contributed by atoms with E-state index < -0.39 is 0 Å². The van der Waals surface area contributed by atoms with Crippen molar-refractivity contribution >= 4 is 23.6 Å². The van der Waals surface area contributed by atoms with Crippen molar-refractivity contribution < 1.29 is 4.79 Å². The summed E-state index contributed by atoms with van der Waals surface area (Å²) in [4.78, 5) is 10.7. The number of nitrogens with one attached hydrogen (secondary N) is 1. The van der Waals surface area contributed by atoms with E-state index >= 15 is 0 Å². The Balaban J connectivity index is 2.05. The predicted molar refractivity (Wildman–Crippen MR) is 76.3 cm³/mol. The summed E-state index contributed by atoms with van der Waals surface area (Å²) in [5, 5.41) is 7.63. The number of hydrogen-bond donors (Lipinski definition) is 1. The molecule has 19 heavy (non-hydrogen) atoms. The van der Waals surface area contributed by atoms with Gasteiger partial charge in [0.15, 0.2) is 0 Å². The summed E-state index contributed by atoms with van der Waals surface area (Å²) in [6, 6.07) is 7.48. The lowest BCUT2D eigenvalue weighted by atomic mass is 10.3. The van der Waals surface area contributed by atoms with Crippen LogP contribution in [0.2, 0.25) is 5.02 Å². The fraction of sp³-hybridized carbons (Fsp3) is 0.143. The first-order valence-electron chi connectivity index (χ1n) is 5.87. The quantitative estimate of drug-likeness (QED) is 0.932. The second-order valence-electron chi connectivity index (χ2n) is 4.04. The average Bonchev–Trinajstić information content (AvgIpc) is 2.83. The first kappa shape index (κ1) is 13.4. The highest BCUT2D eigenvalue weighted by Crippen LogP contribution is 2.14. The van der Waals surface area contributed by atoms with Gasteiger partial charge in [-0.1, -0.05) is 29.8 Å². The van der Waals surface area contributed by atoms with Crippen molar-refractivity contribution in [2.45, 2.75) is 6.92 Å². The van der Waals surface area contributed by atoms with Crippen LogP contribution in [0, 0.1) is 0 Å². The third-order valence-corrected chi connectivity index (χ3v) is 2.69. The molecule has 1 aromatic carbocycles. The Bertz CT molecular complexity index is 604. The summed E-state index contributed by atoms with van der Waals surface area (Å²) in [7, 11) is 0. The van der Waals surface area contributed by atoms with E-state index in [1.165, 1.54) is 6.92 Å². The first-order chi connectivity index (χ1) is 9.15. The number of benzene rings is 1. The molecule has 0 aliphatic carbocycles. The van der Waals surface area contributed by atoms with Gasteiger partial charge in [0.05, 0.1) is 11.9 Å². The Morgan fingerprint density at radius 3 is 3.11 bits per heavy atom. The number of carbonyl (C=O) groups excluding carboxylic acids is 1. The second kappa shape index (κ2) is 6.20. The zero-order chi connectivity index (χ0) is 13.7. The molecule has 0 aliphatic heterocycles. The zero-order valence-corrected chi connectivity index (χ0v) is 11.3. The van der Waals surface area contributed by atoms with Gasteiger partial charge in [-0.05, 0) is 18.2 Å². The topological polar surface area (TPSA) is 46.9 Å². The Kier molecular flexibility index (Phi) is 4.36.